The number of hydrogen-bond acceptors (Lipinski definition) is 3. The van der Waals surface area contributed by atoms with Crippen molar-refractivity contribution in [3.8, 4) is 0 Å². The molecule has 2 aliphatic heterocycles. The second-order valence-corrected chi connectivity index (χ2v) is 9.65. The van der Waals surface area contributed by atoms with Gasteiger partial charge in [0.1, 0.15) is 5.60 Å². The van der Waals surface area contributed by atoms with Gasteiger partial charge in [0.15, 0.2) is 0 Å². The van der Waals surface area contributed by atoms with E-state index >= 15 is 0 Å². The summed E-state index contributed by atoms with van der Waals surface area (Å²) in [5, 5.41) is 3.78. The quantitative estimate of drug-likeness (QED) is 0.555. The molecule has 1 N–H and O–H groups in total. The third kappa shape index (κ3) is 3.07. The second-order valence-electron chi connectivity index (χ2n) is 9.65. The van der Waals surface area contributed by atoms with Crippen molar-refractivity contribution >= 4 is 0 Å². The second kappa shape index (κ2) is 7.30. The van der Waals surface area contributed by atoms with Gasteiger partial charge < -0.3 is 14.8 Å². The summed E-state index contributed by atoms with van der Waals surface area (Å²) >= 11 is 0. The third-order valence-corrected chi connectivity index (χ3v) is 6.64. The first-order chi connectivity index (χ1) is 14.9. The summed E-state index contributed by atoms with van der Waals surface area (Å²) in [5.74, 6) is -0.949. The Labute approximate surface area is 185 Å². The molecule has 1 saturated heterocycles. The molecule has 0 saturated carbocycles. The fourth-order valence-corrected chi connectivity index (χ4v) is 5.25. The van der Waals surface area contributed by atoms with E-state index in [-0.39, 0.29) is 11.5 Å². The van der Waals surface area contributed by atoms with E-state index in [1.807, 2.05) is 13.0 Å². The van der Waals surface area contributed by atoms with Crippen LogP contribution in [0.2, 0.25) is 0 Å². The SMILES string of the molecule is CCO[C@@]1(c2ccccc2)O[C@](c2ccccc2)([C@H]2N[C@@H]2C(C)(C)C)c2ccccc21. The zero-order chi connectivity index (χ0) is 21.7. The Morgan fingerprint density at radius 2 is 1.35 bits per heavy atom. The van der Waals surface area contributed by atoms with Crippen LogP contribution in [-0.4, -0.2) is 18.7 Å². The first-order valence-electron chi connectivity index (χ1n) is 11.2. The van der Waals surface area contributed by atoms with Gasteiger partial charge in [-0.3, -0.25) is 0 Å². The molecule has 2 heterocycles. The molecule has 1 fully saturated rings. The number of hydrogen-bond donors (Lipinski definition) is 1. The van der Waals surface area contributed by atoms with Crippen molar-refractivity contribution in [2.45, 2.75) is 51.2 Å². The fraction of sp³-hybridized carbons (Fsp3) is 0.357. The monoisotopic (exact) mass is 413 g/mol. The maximum absolute atomic E-state index is 7.28. The summed E-state index contributed by atoms with van der Waals surface area (Å²) in [7, 11) is 0. The molecular formula is C28H31NO2. The van der Waals surface area contributed by atoms with E-state index in [2.05, 4.69) is 105 Å². The summed E-state index contributed by atoms with van der Waals surface area (Å²) < 4.78 is 13.8. The van der Waals surface area contributed by atoms with Crippen molar-refractivity contribution in [3.05, 3.63) is 107 Å². The summed E-state index contributed by atoms with van der Waals surface area (Å²) in [6.45, 7) is 9.45. The molecule has 2 aliphatic rings. The molecule has 0 aliphatic carbocycles. The van der Waals surface area contributed by atoms with E-state index in [1.54, 1.807) is 0 Å². The molecular weight excluding hydrogens is 382 g/mol. The molecule has 3 heteroatoms. The van der Waals surface area contributed by atoms with Gasteiger partial charge in [-0.25, -0.2) is 0 Å². The van der Waals surface area contributed by atoms with Crippen LogP contribution in [-0.2, 0) is 20.9 Å². The predicted octanol–water partition coefficient (Wildman–Crippen LogP) is 5.58. The molecule has 3 nitrogen and oxygen atoms in total. The van der Waals surface area contributed by atoms with Crippen molar-refractivity contribution in [3.63, 3.8) is 0 Å². The van der Waals surface area contributed by atoms with Gasteiger partial charge in [0.25, 0.3) is 0 Å². The number of nitrogens with one attached hydrogen (secondary N) is 1. The molecule has 0 unspecified atom stereocenters. The standard InChI is InChI=1S/C28H31NO2/c1-5-30-28(21-16-10-7-11-17-21)23-19-13-12-18-22(23)27(31-28,20-14-8-6-9-15-20)25-24(29-25)26(2,3)4/h6-19,24-25,29H,5H2,1-4H3/t24-,25-,27-,28-/m0/s1. The molecule has 4 atom stereocenters. The average molecular weight is 414 g/mol. The molecule has 0 amide bonds. The minimum atomic E-state index is -0.949. The zero-order valence-corrected chi connectivity index (χ0v) is 18.8. The van der Waals surface area contributed by atoms with Crippen molar-refractivity contribution in [1.82, 2.24) is 5.32 Å². The number of fused-ring (bicyclic) bond motifs is 1. The van der Waals surface area contributed by atoms with Crippen LogP contribution in [0.5, 0.6) is 0 Å². The maximum Gasteiger partial charge on any atom is 0.223 e. The van der Waals surface area contributed by atoms with Gasteiger partial charge in [0, 0.05) is 23.8 Å². The van der Waals surface area contributed by atoms with E-state index < -0.39 is 11.4 Å². The smallest absolute Gasteiger partial charge is 0.223 e. The molecule has 3 aromatic carbocycles. The Morgan fingerprint density at radius 1 is 0.806 bits per heavy atom. The van der Waals surface area contributed by atoms with Gasteiger partial charge in [-0.1, -0.05) is 106 Å². The molecule has 0 bridgehead atoms. The Kier molecular flexibility index (Phi) is 4.82. The maximum atomic E-state index is 7.28. The molecule has 31 heavy (non-hydrogen) atoms. The van der Waals surface area contributed by atoms with Gasteiger partial charge in [-0.2, -0.15) is 0 Å². The van der Waals surface area contributed by atoms with E-state index in [1.165, 1.54) is 5.56 Å². The van der Waals surface area contributed by atoms with Crippen molar-refractivity contribution in [1.29, 1.82) is 0 Å². The van der Waals surface area contributed by atoms with Crippen molar-refractivity contribution in [2.24, 2.45) is 5.41 Å². The van der Waals surface area contributed by atoms with Crippen molar-refractivity contribution in [2.75, 3.05) is 6.61 Å². The van der Waals surface area contributed by atoms with Crippen LogP contribution in [0.4, 0.5) is 0 Å². The first-order valence-corrected chi connectivity index (χ1v) is 11.2. The molecule has 0 spiro atoms. The minimum Gasteiger partial charge on any atom is -0.342 e. The largest absolute Gasteiger partial charge is 0.342 e. The van der Waals surface area contributed by atoms with Crippen molar-refractivity contribution < 1.29 is 9.47 Å². The molecule has 3 aromatic rings. The Hall–Kier alpha value is -2.46. The molecule has 0 aromatic heterocycles. The topological polar surface area (TPSA) is 40.4 Å². The lowest BCUT2D eigenvalue weighted by molar-refractivity contribution is -0.248. The summed E-state index contributed by atoms with van der Waals surface area (Å²) in [6.07, 6.45) is 0. The van der Waals surface area contributed by atoms with Crippen LogP contribution in [0.15, 0.2) is 84.9 Å². The van der Waals surface area contributed by atoms with E-state index in [0.717, 1.165) is 16.7 Å². The average Bonchev–Trinajstić information content (AvgIpc) is 3.55. The van der Waals surface area contributed by atoms with Gasteiger partial charge in [0.05, 0.1) is 6.04 Å². The van der Waals surface area contributed by atoms with Crippen LogP contribution >= 0.6 is 0 Å². The fourth-order valence-electron chi connectivity index (χ4n) is 5.25. The van der Waals surface area contributed by atoms with Crippen LogP contribution in [0, 0.1) is 5.41 Å². The molecule has 160 valence electrons. The predicted molar refractivity (Wildman–Crippen MR) is 124 cm³/mol. The lowest BCUT2D eigenvalue weighted by atomic mass is 9.77. The van der Waals surface area contributed by atoms with Crippen LogP contribution in [0.25, 0.3) is 0 Å². The van der Waals surface area contributed by atoms with Gasteiger partial charge in [-0.15, -0.1) is 0 Å². The Bertz CT molecular complexity index is 1060. The summed E-state index contributed by atoms with van der Waals surface area (Å²) in [5.41, 5.74) is 3.94. The van der Waals surface area contributed by atoms with Gasteiger partial charge in [-0.05, 0) is 23.5 Å². The zero-order valence-electron chi connectivity index (χ0n) is 18.8. The van der Waals surface area contributed by atoms with Gasteiger partial charge in [0.2, 0.25) is 5.79 Å². The number of benzene rings is 3. The molecule has 0 radical (unpaired) electrons. The van der Waals surface area contributed by atoms with Crippen LogP contribution in [0.1, 0.15) is 49.9 Å². The Balaban J connectivity index is 1.77. The first kappa shape index (κ1) is 20.4. The van der Waals surface area contributed by atoms with E-state index in [0.29, 0.717) is 12.6 Å². The van der Waals surface area contributed by atoms with Crippen LogP contribution in [0.3, 0.4) is 0 Å². The lowest BCUT2D eigenvalue weighted by Gasteiger charge is -2.37. The van der Waals surface area contributed by atoms with E-state index in [9.17, 15) is 0 Å². The van der Waals surface area contributed by atoms with Gasteiger partial charge >= 0.3 is 0 Å². The molecule has 5 rings (SSSR count). The summed E-state index contributed by atoms with van der Waals surface area (Å²) in [6, 6.07) is 30.1. The van der Waals surface area contributed by atoms with Crippen LogP contribution < -0.4 is 5.32 Å². The highest BCUT2D eigenvalue weighted by Gasteiger charge is 2.66. The Morgan fingerprint density at radius 3 is 1.90 bits per heavy atom. The normalized spacial score (nSPS) is 29.5. The van der Waals surface area contributed by atoms with E-state index in [4.69, 9.17) is 9.47 Å². The minimum absolute atomic E-state index is 0.119. The number of ether oxygens (including phenoxy) is 2. The highest BCUT2D eigenvalue weighted by Crippen LogP contribution is 2.59. The highest BCUT2D eigenvalue weighted by molar-refractivity contribution is 5.54. The summed E-state index contributed by atoms with van der Waals surface area (Å²) in [4.78, 5) is 0. The third-order valence-electron chi connectivity index (χ3n) is 6.64. The number of rotatable bonds is 5. The highest BCUT2D eigenvalue weighted by atomic mass is 16.7. The lowest BCUT2D eigenvalue weighted by Crippen LogP contribution is -2.42.